The summed E-state index contributed by atoms with van der Waals surface area (Å²) in [5, 5.41) is 11.8. The van der Waals surface area contributed by atoms with Gasteiger partial charge in [-0.1, -0.05) is 56.3 Å². The second kappa shape index (κ2) is 9.10. The van der Waals surface area contributed by atoms with Gasteiger partial charge in [-0.15, -0.1) is 0 Å². The van der Waals surface area contributed by atoms with Crippen molar-refractivity contribution in [3.05, 3.63) is 98.7 Å². The largest absolute Gasteiger partial charge is 0.502 e. The average molecular weight is 471 g/mol. The molecule has 0 saturated carbocycles. The molecule has 0 radical (unpaired) electrons. The lowest BCUT2D eigenvalue weighted by molar-refractivity contribution is -0.132. The van der Waals surface area contributed by atoms with Crippen LogP contribution in [0.4, 0.5) is 0 Å². The number of aromatic nitrogens is 1. The maximum absolute atomic E-state index is 13.5. The van der Waals surface area contributed by atoms with Gasteiger partial charge in [-0.2, -0.15) is 0 Å². The first-order valence-electron chi connectivity index (χ1n) is 12.1. The molecule has 5 rings (SSSR count). The summed E-state index contributed by atoms with van der Waals surface area (Å²) in [6.45, 7) is 7.04. The number of aromatic hydroxyl groups is 1. The van der Waals surface area contributed by atoms with E-state index in [0.717, 1.165) is 23.2 Å². The van der Waals surface area contributed by atoms with Crippen LogP contribution in [0, 0.1) is 6.92 Å². The van der Waals surface area contributed by atoms with E-state index in [1.54, 1.807) is 6.92 Å². The first-order valence-corrected chi connectivity index (χ1v) is 12.1. The monoisotopic (exact) mass is 470 g/mol. The van der Waals surface area contributed by atoms with E-state index in [9.17, 15) is 14.7 Å². The first-order chi connectivity index (χ1) is 16.8. The second-order valence-corrected chi connectivity index (χ2v) is 9.71. The second-order valence-electron chi connectivity index (χ2n) is 9.71. The Labute approximate surface area is 204 Å². The number of carbonyl (C=O) groups excluding carboxylic acids is 1. The first kappa shape index (κ1) is 23.0. The van der Waals surface area contributed by atoms with Crippen LogP contribution in [-0.4, -0.2) is 27.4 Å². The van der Waals surface area contributed by atoms with Crippen LogP contribution in [0.5, 0.6) is 5.75 Å². The summed E-state index contributed by atoms with van der Waals surface area (Å²) in [6.07, 6.45) is 0.875. The standard InChI is InChI=1S/C29H30N2O4/c1-17(2)19-8-10-20(11-9-19)23(29-28(34)26(32)14-18(3)35-29)15-27(33)31-13-12-22-21-6-4-5-7-24(21)30-25(22)16-31/h4-11,14,17,23,30,34H,12-13,15-16H2,1-3H3/t23-/m0/s1. The predicted octanol–water partition coefficient (Wildman–Crippen LogP) is 5.37. The van der Waals surface area contributed by atoms with Gasteiger partial charge in [0.05, 0.1) is 12.5 Å². The Balaban J connectivity index is 1.46. The minimum absolute atomic E-state index is 0.0456. The molecular weight excluding hydrogens is 440 g/mol. The van der Waals surface area contributed by atoms with Gasteiger partial charge in [-0.25, -0.2) is 0 Å². The Morgan fingerprint density at radius 1 is 1.11 bits per heavy atom. The normalized spacial score (nSPS) is 14.3. The molecule has 0 bridgehead atoms. The number of amides is 1. The van der Waals surface area contributed by atoms with Crippen LogP contribution in [0.3, 0.4) is 0 Å². The number of carbonyl (C=O) groups is 1. The fourth-order valence-corrected chi connectivity index (χ4v) is 5.05. The van der Waals surface area contributed by atoms with Crippen molar-refractivity contribution in [2.45, 2.75) is 52.0 Å². The molecule has 35 heavy (non-hydrogen) atoms. The van der Waals surface area contributed by atoms with Crippen molar-refractivity contribution in [1.82, 2.24) is 9.88 Å². The molecular formula is C29H30N2O4. The van der Waals surface area contributed by atoms with E-state index in [1.165, 1.54) is 22.6 Å². The third-order valence-electron chi connectivity index (χ3n) is 7.01. The van der Waals surface area contributed by atoms with Crippen molar-refractivity contribution >= 4 is 16.8 Å². The highest BCUT2D eigenvalue weighted by molar-refractivity contribution is 5.86. The van der Waals surface area contributed by atoms with Crippen LogP contribution in [0.1, 0.15) is 66.0 Å². The summed E-state index contributed by atoms with van der Waals surface area (Å²) >= 11 is 0. The fraction of sp³-hybridized carbons (Fsp3) is 0.310. The number of fused-ring (bicyclic) bond motifs is 3. The molecule has 0 spiro atoms. The van der Waals surface area contributed by atoms with Gasteiger partial charge in [0, 0.05) is 35.6 Å². The number of nitrogens with one attached hydrogen (secondary N) is 1. The van der Waals surface area contributed by atoms with Crippen molar-refractivity contribution in [3.8, 4) is 5.75 Å². The summed E-state index contributed by atoms with van der Waals surface area (Å²) in [5.41, 5.74) is 4.93. The number of aryl methyl sites for hydroxylation is 1. The van der Waals surface area contributed by atoms with Crippen molar-refractivity contribution in [2.24, 2.45) is 0 Å². The molecule has 0 unspecified atom stereocenters. The minimum atomic E-state index is -0.569. The fourth-order valence-electron chi connectivity index (χ4n) is 5.05. The lowest BCUT2D eigenvalue weighted by atomic mass is 9.89. The van der Waals surface area contributed by atoms with E-state index in [0.29, 0.717) is 24.8 Å². The number of nitrogens with zero attached hydrogens (tertiary/aromatic N) is 1. The summed E-state index contributed by atoms with van der Waals surface area (Å²) in [5.74, 6) is -0.133. The van der Waals surface area contributed by atoms with E-state index in [1.807, 2.05) is 41.3 Å². The van der Waals surface area contributed by atoms with Crippen LogP contribution in [0.15, 0.2) is 63.8 Å². The van der Waals surface area contributed by atoms with Gasteiger partial charge in [-0.05, 0) is 42.0 Å². The third-order valence-corrected chi connectivity index (χ3v) is 7.01. The molecule has 180 valence electrons. The lowest BCUT2D eigenvalue weighted by Crippen LogP contribution is -2.36. The number of rotatable bonds is 5. The van der Waals surface area contributed by atoms with Gasteiger partial charge in [-0.3, -0.25) is 9.59 Å². The van der Waals surface area contributed by atoms with Gasteiger partial charge in [0.25, 0.3) is 0 Å². The minimum Gasteiger partial charge on any atom is -0.502 e. The number of H-pyrrole nitrogens is 1. The number of benzene rings is 2. The Kier molecular flexibility index (Phi) is 5.97. The summed E-state index contributed by atoms with van der Waals surface area (Å²) in [7, 11) is 0. The van der Waals surface area contributed by atoms with Crippen LogP contribution < -0.4 is 5.43 Å². The predicted molar refractivity (Wildman–Crippen MR) is 136 cm³/mol. The summed E-state index contributed by atoms with van der Waals surface area (Å²) in [4.78, 5) is 31.2. The lowest BCUT2D eigenvalue weighted by Gasteiger charge is -2.29. The van der Waals surface area contributed by atoms with Gasteiger partial charge in [0.15, 0.2) is 5.76 Å². The average Bonchev–Trinajstić information content (AvgIpc) is 3.22. The van der Waals surface area contributed by atoms with Gasteiger partial charge in [0.2, 0.25) is 17.1 Å². The third kappa shape index (κ3) is 4.36. The van der Waals surface area contributed by atoms with E-state index >= 15 is 0 Å². The Bertz CT molecular complexity index is 1450. The number of para-hydroxylation sites is 1. The quantitative estimate of drug-likeness (QED) is 0.411. The number of aromatic amines is 1. The van der Waals surface area contributed by atoms with E-state index in [2.05, 4.69) is 31.0 Å². The smallest absolute Gasteiger partial charge is 0.227 e. The van der Waals surface area contributed by atoms with Crippen LogP contribution in [0.25, 0.3) is 10.9 Å². The molecule has 6 heteroatoms. The molecule has 0 fully saturated rings. The molecule has 0 aliphatic carbocycles. The molecule has 1 atom stereocenters. The Morgan fingerprint density at radius 2 is 1.83 bits per heavy atom. The van der Waals surface area contributed by atoms with Crippen LogP contribution in [0.2, 0.25) is 0 Å². The molecule has 2 aromatic heterocycles. The SMILES string of the molecule is Cc1cc(=O)c(O)c([C@@H](CC(=O)N2CCc3c([nH]c4ccccc34)C2)c2ccc(C(C)C)cc2)o1. The molecule has 4 aromatic rings. The van der Waals surface area contributed by atoms with Crippen molar-refractivity contribution in [2.75, 3.05) is 6.54 Å². The maximum atomic E-state index is 13.5. The van der Waals surface area contributed by atoms with Crippen molar-refractivity contribution in [1.29, 1.82) is 0 Å². The van der Waals surface area contributed by atoms with Crippen LogP contribution in [-0.2, 0) is 17.8 Å². The van der Waals surface area contributed by atoms with Crippen molar-refractivity contribution in [3.63, 3.8) is 0 Å². The molecule has 2 aromatic carbocycles. The summed E-state index contributed by atoms with van der Waals surface area (Å²) < 4.78 is 5.84. The molecule has 1 aliphatic rings. The highest BCUT2D eigenvalue weighted by Gasteiger charge is 2.30. The number of hydrogen-bond donors (Lipinski definition) is 2. The van der Waals surface area contributed by atoms with Gasteiger partial charge in [0.1, 0.15) is 5.76 Å². The summed E-state index contributed by atoms with van der Waals surface area (Å²) in [6, 6.07) is 17.4. The molecule has 2 N–H and O–H groups in total. The van der Waals surface area contributed by atoms with Crippen molar-refractivity contribution < 1.29 is 14.3 Å². The van der Waals surface area contributed by atoms with Crippen LogP contribution >= 0.6 is 0 Å². The van der Waals surface area contributed by atoms with E-state index in [-0.39, 0.29) is 18.1 Å². The zero-order chi connectivity index (χ0) is 24.7. The highest BCUT2D eigenvalue weighted by Crippen LogP contribution is 2.35. The number of hydrogen-bond acceptors (Lipinski definition) is 4. The highest BCUT2D eigenvalue weighted by atomic mass is 16.4. The van der Waals surface area contributed by atoms with Gasteiger partial charge < -0.3 is 19.4 Å². The molecule has 6 nitrogen and oxygen atoms in total. The van der Waals surface area contributed by atoms with E-state index in [4.69, 9.17) is 4.42 Å². The molecule has 3 heterocycles. The Morgan fingerprint density at radius 3 is 2.57 bits per heavy atom. The topological polar surface area (TPSA) is 86.5 Å². The zero-order valence-electron chi connectivity index (χ0n) is 20.3. The van der Waals surface area contributed by atoms with Gasteiger partial charge >= 0.3 is 0 Å². The molecule has 1 amide bonds. The Hall–Kier alpha value is -3.80. The maximum Gasteiger partial charge on any atom is 0.227 e. The zero-order valence-corrected chi connectivity index (χ0v) is 20.3. The molecule has 0 saturated heterocycles. The van der Waals surface area contributed by atoms with E-state index < -0.39 is 17.1 Å². The molecule has 1 aliphatic heterocycles.